The second kappa shape index (κ2) is 4.46. The maximum Gasteiger partial charge on any atom is 0.242 e. The number of carbonyl (C=O) groups is 1. The fourth-order valence-electron chi connectivity index (χ4n) is 2.08. The molecule has 2 aromatic rings. The number of likely N-dealkylation sites (N-methyl/N-ethyl adjacent to an activating group) is 1. The summed E-state index contributed by atoms with van der Waals surface area (Å²) in [6.45, 7) is 4.01. The number of hydrogen-bond acceptors (Lipinski definition) is 2. The first-order valence-electron chi connectivity index (χ1n) is 5.99. The van der Waals surface area contributed by atoms with Crippen LogP contribution in [0.25, 0.3) is 10.9 Å². The molecule has 4 nitrogen and oxygen atoms in total. The van der Waals surface area contributed by atoms with Crippen LogP contribution in [0.5, 0.6) is 0 Å². The fraction of sp³-hybridized carbons (Fsp3) is 0.357. The van der Waals surface area contributed by atoms with Gasteiger partial charge < -0.3 is 15.6 Å². The molecule has 1 aromatic carbocycles. The molecule has 0 atom stereocenters. The Labute approximate surface area is 107 Å². The summed E-state index contributed by atoms with van der Waals surface area (Å²) in [5.74, 6) is -0.0622. The molecule has 0 saturated heterocycles. The van der Waals surface area contributed by atoms with Gasteiger partial charge in [0.1, 0.15) is 0 Å². The van der Waals surface area contributed by atoms with Gasteiger partial charge in [0.2, 0.25) is 5.91 Å². The number of carbonyl (C=O) groups excluding carboxylic acids is 1. The SMILES string of the molecule is CN(Cc1c[nH]c2ccccc12)C(=O)C(C)(C)N. The standard InChI is InChI=1S/C14H19N3O/c1-14(2,15)13(18)17(3)9-10-8-16-12-7-5-4-6-11(10)12/h4-8,16H,9,15H2,1-3H3. The molecule has 0 radical (unpaired) electrons. The minimum absolute atomic E-state index is 0.0622. The second-order valence-electron chi connectivity index (χ2n) is 5.24. The molecule has 1 aromatic heterocycles. The molecule has 0 unspecified atom stereocenters. The van der Waals surface area contributed by atoms with Gasteiger partial charge in [-0.3, -0.25) is 4.79 Å². The van der Waals surface area contributed by atoms with Crippen molar-refractivity contribution in [1.82, 2.24) is 9.88 Å². The maximum absolute atomic E-state index is 12.0. The van der Waals surface area contributed by atoms with Gasteiger partial charge in [0, 0.05) is 30.7 Å². The van der Waals surface area contributed by atoms with E-state index in [2.05, 4.69) is 4.98 Å². The van der Waals surface area contributed by atoms with Crippen LogP contribution < -0.4 is 5.73 Å². The summed E-state index contributed by atoms with van der Waals surface area (Å²) in [5, 5.41) is 1.15. The molecule has 1 heterocycles. The summed E-state index contributed by atoms with van der Waals surface area (Å²) in [5.41, 5.74) is 7.18. The van der Waals surface area contributed by atoms with Crippen molar-refractivity contribution >= 4 is 16.8 Å². The van der Waals surface area contributed by atoms with Gasteiger partial charge in [-0.05, 0) is 25.5 Å². The molecule has 0 fully saturated rings. The van der Waals surface area contributed by atoms with Gasteiger partial charge in [-0.15, -0.1) is 0 Å². The molecule has 4 heteroatoms. The Hall–Kier alpha value is -1.81. The highest BCUT2D eigenvalue weighted by atomic mass is 16.2. The average molecular weight is 245 g/mol. The smallest absolute Gasteiger partial charge is 0.242 e. The molecule has 0 aliphatic heterocycles. The lowest BCUT2D eigenvalue weighted by atomic mass is 10.1. The first kappa shape index (κ1) is 12.6. The van der Waals surface area contributed by atoms with Crippen LogP contribution in [0.3, 0.4) is 0 Å². The highest BCUT2D eigenvalue weighted by molar-refractivity contribution is 5.86. The Morgan fingerprint density at radius 2 is 2.06 bits per heavy atom. The van der Waals surface area contributed by atoms with Gasteiger partial charge in [-0.1, -0.05) is 18.2 Å². The lowest BCUT2D eigenvalue weighted by Crippen LogP contribution is -2.49. The van der Waals surface area contributed by atoms with Crippen molar-refractivity contribution in [2.45, 2.75) is 25.9 Å². The normalized spacial score (nSPS) is 11.8. The molecular weight excluding hydrogens is 226 g/mol. The summed E-state index contributed by atoms with van der Waals surface area (Å²) >= 11 is 0. The van der Waals surface area contributed by atoms with Crippen molar-refractivity contribution in [3.63, 3.8) is 0 Å². The molecule has 0 aliphatic rings. The topological polar surface area (TPSA) is 62.1 Å². The van der Waals surface area contributed by atoms with Crippen molar-refractivity contribution in [2.75, 3.05) is 7.05 Å². The zero-order valence-electron chi connectivity index (χ0n) is 11.0. The van der Waals surface area contributed by atoms with Crippen molar-refractivity contribution in [3.05, 3.63) is 36.0 Å². The molecule has 0 aliphatic carbocycles. The Bertz CT molecular complexity index is 566. The van der Waals surface area contributed by atoms with Gasteiger partial charge >= 0.3 is 0 Å². The summed E-state index contributed by atoms with van der Waals surface area (Å²) in [4.78, 5) is 16.9. The largest absolute Gasteiger partial charge is 0.361 e. The van der Waals surface area contributed by atoms with E-state index in [1.165, 1.54) is 0 Å². The van der Waals surface area contributed by atoms with E-state index in [9.17, 15) is 4.79 Å². The number of fused-ring (bicyclic) bond motifs is 1. The molecule has 2 rings (SSSR count). The van der Waals surface area contributed by atoms with Crippen molar-refractivity contribution in [2.24, 2.45) is 5.73 Å². The van der Waals surface area contributed by atoms with Crippen LogP contribution in [0.15, 0.2) is 30.5 Å². The molecule has 0 saturated carbocycles. The van der Waals surface area contributed by atoms with E-state index in [4.69, 9.17) is 5.73 Å². The number of H-pyrrole nitrogens is 1. The minimum atomic E-state index is -0.832. The summed E-state index contributed by atoms with van der Waals surface area (Å²) < 4.78 is 0. The molecule has 3 N–H and O–H groups in total. The number of aromatic amines is 1. The fourth-order valence-corrected chi connectivity index (χ4v) is 2.08. The number of benzene rings is 1. The van der Waals surface area contributed by atoms with Gasteiger partial charge in [0.25, 0.3) is 0 Å². The zero-order valence-corrected chi connectivity index (χ0v) is 11.0. The van der Waals surface area contributed by atoms with Crippen molar-refractivity contribution in [3.8, 4) is 0 Å². The minimum Gasteiger partial charge on any atom is -0.361 e. The predicted octanol–water partition coefficient (Wildman–Crippen LogP) is 1.86. The highest BCUT2D eigenvalue weighted by Gasteiger charge is 2.25. The van der Waals surface area contributed by atoms with E-state index < -0.39 is 5.54 Å². The average Bonchev–Trinajstić information content (AvgIpc) is 2.70. The van der Waals surface area contributed by atoms with Crippen molar-refractivity contribution < 1.29 is 4.79 Å². The zero-order chi connectivity index (χ0) is 13.3. The first-order valence-corrected chi connectivity index (χ1v) is 5.99. The maximum atomic E-state index is 12.0. The third-order valence-electron chi connectivity index (χ3n) is 2.98. The number of nitrogens with one attached hydrogen (secondary N) is 1. The van der Waals surface area contributed by atoms with E-state index in [-0.39, 0.29) is 5.91 Å². The third-order valence-corrected chi connectivity index (χ3v) is 2.98. The third kappa shape index (κ3) is 2.38. The monoisotopic (exact) mass is 245 g/mol. The number of nitrogens with two attached hydrogens (primary N) is 1. The molecule has 96 valence electrons. The van der Waals surface area contributed by atoms with Crippen LogP contribution in [-0.2, 0) is 11.3 Å². The lowest BCUT2D eigenvalue weighted by molar-refractivity contribution is -0.134. The summed E-state index contributed by atoms with van der Waals surface area (Å²) in [6.07, 6.45) is 1.94. The van der Waals surface area contributed by atoms with E-state index >= 15 is 0 Å². The van der Waals surface area contributed by atoms with Crippen LogP contribution in [0.4, 0.5) is 0 Å². The Morgan fingerprint density at radius 1 is 1.39 bits per heavy atom. The molecule has 1 amide bonds. The van der Waals surface area contributed by atoms with E-state index in [1.807, 2.05) is 30.5 Å². The Kier molecular flexibility index (Phi) is 3.13. The quantitative estimate of drug-likeness (QED) is 0.867. The molecule has 0 bridgehead atoms. The summed E-state index contributed by atoms with van der Waals surface area (Å²) in [7, 11) is 1.78. The molecular formula is C14H19N3O. The number of aromatic nitrogens is 1. The summed E-state index contributed by atoms with van der Waals surface area (Å²) in [6, 6.07) is 8.05. The van der Waals surface area contributed by atoms with Crippen LogP contribution in [0.2, 0.25) is 0 Å². The van der Waals surface area contributed by atoms with Crippen molar-refractivity contribution in [1.29, 1.82) is 0 Å². The van der Waals surface area contributed by atoms with Gasteiger partial charge in [-0.25, -0.2) is 0 Å². The first-order chi connectivity index (χ1) is 8.39. The number of hydrogen-bond donors (Lipinski definition) is 2. The number of para-hydroxylation sites is 1. The Morgan fingerprint density at radius 3 is 2.72 bits per heavy atom. The van der Waals surface area contributed by atoms with Gasteiger partial charge in [-0.2, -0.15) is 0 Å². The molecule has 0 spiro atoms. The molecule has 18 heavy (non-hydrogen) atoms. The predicted molar refractivity (Wildman–Crippen MR) is 73.0 cm³/mol. The Balaban J connectivity index is 2.22. The van der Waals surface area contributed by atoms with E-state index in [0.29, 0.717) is 6.54 Å². The van der Waals surface area contributed by atoms with Gasteiger partial charge in [0.05, 0.1) is 5.54 Å². The van der Waals surface area contributed by atoms with Crippen LogP contribution in [0, 0.1) is 0 Å². The van der Waals surface area contributed by atoms with Crippen LogP contribution in [0.1, 0.15) is 19.4 Å². The number of amides is 1. The second-order valence-corrected chi connectivity index (χ2v) is 5.24. The highest BCUT2D eigenvalue weighted by Crippen LogP contribution is 2.19. The number of nitrogens with zero attached hydrogens (tertiary/aromatic N) is 1. The van der Waals surface area contributed by atoms with E-state index in [0.717, 1.165) is 16.5 Å². The van der Waals surface area contributed by atoms with Crippen LogP contribution in [-0.4, -0.2) is 28.4 Å². The van der Waals surface area contributed by atoms with E-state index in [1.54, 1.807) is 25.8 Å². The lowest BCUT2D eigenvalue weighted by Gasteiger charge is -2.25. The van der Waals surface area contributed by atoms with Crippen LogP contribution >= 0.6 is 0 Å². The van der Waals surface area contributed by atoms with Gasteiger partial charge in [0.15, 0.2) is 0 Å². The number of rotatable bonds is 3.